The van der Waals surface area contributed by atoms with E-state index in [9.17, 15) is 0 Å². The van der Waals surface area contributed by atoms with Crippen molar-refractivity contribution in [2.45, 2.75) is 0 Å². The molecule has 1 rings (SSSR count). The largest absolute Gasteiger partial charge is 0.390 e. The van der Waals surface area contributed by atoms with Gasteiger partial charge >= 0.3 is 0 Å². The van der Waals surface area contributed by atoms with Gasteiger partial charge in [-0.25, -0.2) is 0 Å². The van der Waals surface area contributed by atoms with Crippen LogP contribution in [0.2, 0.25) is 0 Å². The highest BCUT2D eigenvalue weighted by atomic mass is 32.1. The number of rotatable bonds is 2. The lowest BCUT2D eigenvalue weighted by atomic mass is 10.4. The number of thiocarbonyl (C=S) groups is 1. The lowest BCUT2D eigenvalue weighted by molar-refractivity contribution is 0.0594. The maximum atomic E-state index is 5.30. The highest BCUT2D eigenvalue weighted by Crippen LogP contribution is 1.96. The normalized spacial score (nSPS) is 19.1. The molecule has 0 aromatic rings. The Hall–Kier alpha value is -0.610. The van der Waals surface area contributed by atoms with Crippen molar-refractivity contribution >= 4 is 17.2 Å². The Morgan fingerprint density at radius 2 is 2.09 bits per heavy atom. The van der Waals surface area contributed by atoms with Crippen molar-refractivity contribution in [3.63, 3.8) is 0 Å². The first-order valence-electron chi connectivity index (χ1n) is 3.58. The van der Waals surface area contributed by atoms with Crippen LogP contribution in [-0.2, 0) is 4.74 Å². The summed E-state index contributed by atoms with van der Waals surface area (Å²) in [7, 11) is 0. The van der Waals surface area contributed by atoms with E-state index in [-0.39, 0.29) is 0 Å². The lowest BCUT2D eigenvalue weighted by Gasteiger charge is -2.24. The van der Waals surface area contributed by atoms with E-state index in [1.807, 2.05) is 6.20 Å². The Morgan fingerprint density at radius 1 is 1.45 bits per heavy atom. The summed E-state index contributed by atoms with van der Waals surface area (Å²) in [6.07, 6.45) is 3.66. The van der Waals surface area contributed by atoms with Crippen LogP contribution in [-0.4, -0.2) is 36.2 Å². The zero-order valence-electron chi connectivity index (χ0n) is 6.32. The highest BCUT2D eigenvalue weighted by molar-refractivity contribution is 7.80. The quantitative estimate of drug-likeness (QED) is 0.474. The molecule has 3 nitrogen and oxygen atoms in total. The van der Waals surface area contributed by atoms with Gasteiger partial charge in [-0.2, -0.15) is 0 Å². The third kappa shape index (κ3) is 3.34. The van der Waals surface area contributed by atoms with Crippen LogP contribution in [0.15, 0.2) is 12.3 Å². The van der Waals surface area contributed by atoms with Crippen LogP contribution in [0.25, 0.3) is 0 Å². The summed E-state index contributed by atoms with van der Waals surface area (Å²) in [4.78, 5) is 2.57. The predicted octanol–water partition coefficient (Wildman–Crippen LogP) is 0.118. The molecular weight excluding hydrogens is 160 g/mol. The van der Waals surface area contributed by atoms with E-state index < -0.39 is 0 Å². The monoisotopic (exact) mass is 172 g/mol. The van der Waals surface area contributed by atoms with Gasteiger partial charge < -0.3 is 15.4 Å². The molecule has 0 unspecified atom stereocenters. The first kappa shape index (κ1) is 8.49. The first-order chi connectivity index (χ1) is 5.29. The highest BCUT2D eigenvalue weighted by Gasteiger charge is 2.04. The van der Waals surface area contributed by atoms with E-state index in [2.05, 4.69) is 4.90 Å². The smallest absolute Gasteiger partial charge is 0.0976 e. The van der Waals surface area contributed by atoms with Crippen molar-refractivity contribution < 1.29 is 4.74 Å². The summed E-state index contributed by atoms with van der Waals surface area (Å²) in [6, 6.07) is 0. The fourth-order valence-corrected chi connectivity index (χ4v) is 0.966. The van der Waals surface area contributed by atoms with Crippen LogP contribution in [0.3, 0.4) is 0 Å². The first-order valence-corrected chi connectivity index (χ1v) is 3.99. The molecule has 1 aliphatic heterocycles. The topological polar surface area (TPSA) is 38.5 Å². The summed E-state index contributed by atoms with van der Waals surface area (Å²) in [6.45, 7) is 3.45. The van der Waals surface area contributed by atoms with Crippen LogP contribution in [0.1, 0.15) is 0 Å². The molecule has 4 heteroatoms. The van der Waals surface area contributed by atoms with Crippen molar-refractivity contribution in [3.05, 3.63) is 12.3 Å². The van der Waals surface area contributed by atoms with Crippen molar-refractivity contribution in [1.29, 1.82) is 0 Å². The van der Waals surface area contributed by atoms with Gasteiger partial charge in [0.25, 0.3) is 0 Å². The Labute approximate surface area is 71.8 Å². The molecule has 2 N–H and O–H groups in total. The van der Waals surface area contributed by atoms with Gasteiger partial charge in [0, 0.05) is 19.3 Å². The Bertz CT molecular complexity index is 164. The number of nitrogens with zero attached hydrogens (tertiary/aromatic N) is 1. The second-order valence-electron chi connectivity index (χ2n) is 2.37. The van der Waals surface area contributed by atoms with Crippen LogP contribution in [0.5, 0.6) is 0 Å². The van der Waals surface area contributed by atoms with E-state index in [0.29, 0.717) is 4.99 Å². The van der Waals surface area contributed by atoms with E-state index in [1.54, 1.807) is 6.08 Å². The van der Waals surface area contributed by atoms with Gasteiger partial charge in [0.1, 0.15) is 0 Å². The molecule has 11 heavy (non-hydrogen) atoms. The molecule has 1 saturated heterocycles. The number of hydrogen-bond acceptors (Lipinski definition) is 3. The van der Waals surface area contributed by atoms with Crippen LogP contribution in [0.4, 0.5) is 0 Å². The average molecular weight is 172 g/mol. The SMILES string of the molecule is NC(=S)/C=C/N1CCOCC1. The van der Waals surface area contributed by atoms with Gasteiger partial charge in [0.05, 0.1) is 18.2 Å². The second-order valence-corrected chi connectivity index (χ2v) is 2.84. The molecule has 0 aromatic carbocycles. The molecule has 0 amide bonds. The maximum Gasteiger partial charge on any atom is 0.0976 e. The molecule has 1 fully saturated rings. The van der Waals surface area contributed by atoms with Crippen molar-refractivity contribution in [1.82, 2.24) is 4.90 Å². The summed E-state index contributed by atoms with van der Waals surface area (Å²) in [5.41, 5.74) is 5.30. The predicted molar refractivity (Wildman–Crippen MR) is 48.3 cm³/mol. The minimum absolute atomic E-state index is 0.427. The minimum Gasteiger partial charge on any atom is -0.390 e. The molecule has 0 spiro atoms. The molecule has 0 radical (unpaired) electrons. The number of ether oxygens (including phenoxy) is 1. The molecule has 0 aliphatic carbocycles. The third-order valence-corrected chi connectivity index (χ3v) is 1.63. The van der Waals surface area contributed by atoms with Gasteiger partial charge in [0.15, 0.2) is 0 Å². The Morgan fingerprint density at radius 3 is 2.64 bits per heavy atom. The summed E-state index contributed by atoms with van der Waals surface area (Å²) in [5, 5.41) is 0. The fourth-order valence-electron chi connectivity index (χ4n) is 0.905. The van der Waals surface area contributed by atoms with E-state index >= 15 is 0 Å². The minimum atomic E-state index is 0.427. The zero-order valence-corrected chi connectivity index (χ0v) is 7.14. The number of nitrogens with two attached hydrogens (primary N) is 1. The molecule has 1 heterocycles. The van der Waals surface area contributed by atoms with Crippen molar-refractivity contribution in [2.75, 3.05) is 26.3 Å². The molecule has 0 atom stereocenters. The van der Waals surface area contributed by atoms with E-state index in [1.165, 1.54) is 0 Å². The molecule has 62 valence electrons. The van der Waals surface area contributed by atoms with Gasteiger partial charge in [-0.05, 0) is 6.08 Å². The standard InChI is InChI=1S/C7H12N2OS/c8-7(11)1-2-9-3-5-10-6-4-9/h1-2H,3-6H2,(H2,8,11)/b2-1+. The van der Waals surface area contributed by atoms with E-state index in [0.717, 1.165) is 26.3 Å². The van der Waals surface area contributed by atoms with Crippen LogP contribution < -0.4 is 5.73 Å². The third-order valence-electron chi connectivity index (χ3n) is 1.50. The van der Waals surface area contributed by atoms with E-state index in [4.69, 9.17) is 22.7 Å². The number of morpholine rings is 1. The molecule has 0 aromatic heterocycles. The number of hydrogen-bond donors (Lipinski definition) is 1. The fraction of sp³-hybridized carbons (Fsp3) is 0.571. The van der Waals surface area contributed by atoms with Crippen molar-refractivity contribution in [2.24, 2.45) is 5.73 Å². The molecule has 0 bridgehead atoms. The van der Waals surface area contributed by atoms with Gasteiger partial charge in [0.2, 0.25) is 0 Å². The van der Waals surface area contributed by atoms with Crippen molar-refractivity contribution in [3.8, 4) is 0 Å². The lowest BCUT2D eigenvalue weighted by Crippen LogP contribution is -2.32. The zero-order chi connectivity index (χ0) is 8.10. The maximum absolute atomic E-state index is 5.30. The Balaban J connectivity index is 2.29. The van der Waals surface area contributed by atoms with Crippen LogP contribution in [0, 0.1) is 0 Å². The molecule has 1 aliphatic rings. The Kier molecular flexibility index (Phi) is 3.32. The van der Waals surface area contributed by atoms with Crippen LogP contribution >= 0.6 is 12.2 Å². The average Bonchev–Trinajstić information content (AvgIpc) is 2.03. The molecule has 0 saturated carbocycles. The summed E-state index contributed by atoms with van der Waals surface area (Å²) in [5.74, 6) is 0. The second kappa shape index (κ2) is 4.31. The van der Waals surface area contributed by atoms with Gasteiger partial charge in [-0.3, -0.25) is 0 Å². The van der Waals surface area contributed by atoms with Gasteiger partial charge in [-0.1, -0.05) is 12.2 Å². The summed E-state index contributed by atoms with van der Waals surface area (Å²) >= 11 is 4.70. The summed E-state index contributed by atoms with van der Waals surface area (Å²) < 4.78 is 5.17. The van der Waals surface area contributed by atoms with Gasteiger partial charge in [-0.15, -0.1) is 0 Å². The molecular formula is C7H12N2OS.